The molecule has 0 heterocycles. The van der Waals surface area contributed by atoms with Gasteiger partial charge in [0.1, 0.15) is 13.2 Å². The van der Waals surface area contributed by atoms with E-state index in [1.807, 2.05) is 0 Å². The molecule has 0 aromatic carbocycles. The number of thiol groups is 1. The van der Waals surface area contributed by atoms with Gasteiger partial charge in [0, 0.05) is 12.2 Å². The van der Waals surface area contributed by atoms with Crippen LogP contribution in [0.1, 0.15) is 19.8 Å². The fraction of sp³-hybridized carbons (Fsp3) is 0.889. The third-order valence-corrected chi connectivity index (χ3v) is 3.30. The number of carbonyl (C=O) groups is 2. The van der Waals surface area contributed by atoms with Crippen molar-refractivity contribution in [1.29, 1.82) is 0 Å². The minimum atomic E-state index is -0.266. The van der Waals surface area contributed by atoms with Crippen LogP contribution in [0.2, 0.25) is 0 Å². The summed E-state index contributed by atoms with van der Waals surface area (Å²) in [6, 6.07) is 0. The molecule has 0 aliphatic rings. The average Bonchev–Trinajstić information content (AvgIpc) is 2.69. The molecule has 28 heavy (non-hydrogen) atoms. The Hall–Kier alpha value is -0.910. The molecule has 0 amide bonds. The highest BCUT2D eigenvalue weighted by atomic mass is 32.1. The van der Waals surface area contributed by atoms with Crippen molar-refractivity contribution in [1.82, 2.24) is 0 Å². The molecule has 0 aromatic heterocycles. The summed E-state index contributed by atoms with van der Waals surface area (Å²) in [6.07, 6.45) is 0.681. The van der Waals surface area contributed by atoms with Crippen LogP contribution < -0.4 is 0 Å². The maximum absolute atomic E-state index is 11.0. The largest absolute Gasteiger partial charge is 0.463 e. The van der Waals surface area contributed by atoms with Gasteiger partial charge in [-0.05, 0) is 0 Å². The van der Waals surface area contributed by atoms with E-state index in [0.717, 1.165) is 0 Å². The molecule has 0 aliphatic heterocycles. The van der Waals surface area contributed by atoms with E-state index in [9.17, 15) is 9.59 Å². The van der Waals surface area contributed by atoms with Gasteiger partial charge in [0.2, 0.25) is 0 Å². The summed E-state index contributed by atoms with van der Waals surface area (Å²) in [5.41, 5.74) is 0. The third kappa shape index (κ3) is 21.4. The molecule has 0 saturated heterocycles. The van der Waals surface area contributed by atoms with E-state index in [2.05, 4.69) is 12.6 Å². The van der Waals surface area contributed by atoms with Crippen LogP contribution in [0, 0.1) is 0 Å². The van der Waals surface area contributed by atoms with Crippen molar-refractivity contribution in [3.8, 4) is 0 Å². The minimum Gasteiger partial charge on any atom is -0.463 e. The predicted octanol–water partition coefficient (Wildman–Crippen LogP) is 0.886. The van der Waals surface area contributed by atoms with E-state index >= 15 is 0 Å². The maximum Gasteiger partial charge on any atom is 0.306 e. The molecule has 0 bridgehead atoms. The first-order valence-electron chi connectivity index (χ1n) is 9.51. The quantitative estimate of drug-likeness (QED) is 0.163. The zero-order chi connectivity index (χ0) is 20.7. The van der Waals surface area contributed by atoms with Crippen LogP contribution in [0.3, 0.4) is 0 Å². The predicted molar refractivity (Wildman–Crippen MR) is 105 cm³/mol. The smallest absolute Gasteiger partial charge is 0.306 e. The normalized spacial score (nSPS) is 10.8. The van der Waals surface area contributed by atoms with Crippen LogP contribution in [-0.4, -0.2) is 97.0 Å². The van der Waals surface area contributed by atoms with Crippen LogP contribution in [0.5, 0.6) is 0 Å². The highest BCUT2D eigenvalue weighted by Gasteiger charge is 2.00. The topological polar surface area (TPSA) is 98.8 Å². The summed E-state index contributed by atoms with van der Waals surface area (Å²) < 4.78 is 36.3. The Balaban J connectivity index is 3.07. The first-order valence-corrected chi connectivity index (χ1v) is 10.1. The Bertz CT molecular complexity index is 369. The van der Waals surface area contributed by atoms with Gasteiger partial charge in [-0.15, -0.1) is 0 Å². The van der Waals surface area contributed by atoms with Gasteiger partial charge in [-0.2, -0.15) is 12.6 Å². The van der Waals surface area contributed by atoms with Gasteiger partial charge in [-0.1, -0.05) is 6.92 Å². The summed E-state index contributed by atoms with van der Waals surface area (Å²) in [5, 5.41) is 0. The first kappa shape index (κ1) is 27.1. The molecular weight excluding hydrogens is 392 g/mol. The van der Waals surface area contributed by atoms with E-state index in [1.54, 1.807) is 6.92 Å². The van der Waals surface area contributed by atoms with Gasteiger partial charge in [-0.3, -0.25) is 9.59 Å². The molecule has 9 nitrogen and oxygen atoms in total. The van der Waals surface area contributed by atoms with E-state index in [1.165, 1.54) is 0 Å². The van der Waals surface area contributed by atoms with Crippen LogP contribution >= 0.6 is 12.6 Å². The van der Waals surface area contributed by atoms with Crippen LogP contribution in [0.4, 0.5) is 0 Å². The molecule has 0 N–H and O–H groups in total. The van der Waals surface area contributed by atoms with Crippen molar-refractivity contribution < 1.29 is 42.7 Å². The van der Waals surface area contributed by atoms with Gasteiger partial charge < -0.3 is 33.2 Å². The summed E-state index contributed by atoms with van der Waals surface area (Å²) in [7, 11) is 0. The van der Waals surface area contributed by atoms with Gasteiger partial charge in [0.05, 0.1) is 72.5 Å². The highest BCUT2D eigenvalue weighted by Crippen LogP contribution is 1.90. The zero-order valence-corrected chi connectivity index (χ0v) is 17.6. The number of rotatable bonds is 21. The standard InChI is InChI=1S/C18H34O9S/c1-2-17(19)26-14-12-24-10-8-22-6-4-21-5-7-23-9-11-25-13-15-27-18(20)3-16-28/h28H,2-16H2,1H3. The molecule has 0 rings (SSSR count). The van der Waals surface area contributed by atoms with Crippen LogP contribution in [0.15, 0.2) is 0 Å². The number of esters is 2. The molecule has 10 heteroatoms. The van der Waals surface area contributed by atoms with Crippen molar-refractivity contribution in [3.05, 3.63) is 0 Å². The molecule has 0 fully saturated rings. The lowest BCUT2D eigenvalue weighted by Gasteiger charge is -2.08. The second-order valence-corrected chi connectivity index (χ2v) is 5.78. The van der Waals surface area contributed by atoms with E-state index in [4.69, 9.17) is 33.2 Å². The fourth-order valence-corrected chi connectivity index (χ4v) is 1.86. The number of ether oxygens (including phenoxy) is 7. The van der Waals surface area contributed by atoms with Crippen molar-refractivity contribution in [2.75, 3.05) is 85.0 Å². The SMILES string of the molecule is CCC(=O)OCCOCCOCCOCCOCCOCCOC(=O)CCS. The molecule has 166 valence electrons. The lowest BCUT2D eigenvalue weighted by atomic mass is 10.5. The van der Waals surface area contributed by atoms with Crippen molar-refractivity contribution in [2.45, 2.75) is 19.8 Å². The Kier molecular flexibility index (Phi) is 21.7. The Morgan fingerprint density at radius 3 is 1.21 bits per heavy atom. The van der Waals surface area contributed by atoms with Crippen LogP contribution in [-0.2, 0) is 42.7 Å². The molecule has 0 radical (unpaired) electrons. The molecule has 0 spiro atoms. The Morgan fingerprint density at radius 2 is 0.893 bits per heavy atom. The molecular formula is C18H34O9S. The van der Waals surface area contributed by atoms with Crippen molar-refractivity contribution in [2.24, 2.45) is 0 Å². The van der Waals surface area contributed by atoms with Crippen LogP contribution in [0.25, 0.3) is 0 Å². The highest BCUT2D eigenvalue weighted by molar-refractivity contribution is 7.80. The summed E-state index contributed by atoms with van der Waals surface area (Å²) in [6.45, 7) is 6.67. The second kappa shape index (κ2) is 22.4. The molecule has 0 aromatic rings. The lowest BCUT2D eigenvalue weighted by molar-refractivity contribution is -0.145. The monoisotopic (exact) mass is 426 g/mol. The van der Waals surface area contributed by atoms with E-state index in [-0.39, 0.29) is 25.2 Å². The fourth-order valence-electron chi connectivity index (χ4n) is 1.68. The summed E-state index contributed by atoms with van der Waals surface area (Å²) in [5.74, 6) is -0.00982. The number of carbonyl (C=O) groups excluding carboxylic acids is 2. The Morgan fingerprint density at radius 1 is 0.571 bits per heavy atom. The average molecular weight is 427 g/mol. The van der Waals surface area contributed by atoms with Gasteiger partial charge in [0.25, 0.3) is 0 Å². The van der Waals surface area contributed by atoms with Gasteiger partial charge >= 0.3 is 11.9 Å². The first-order chi connectivity index (χ1) is 13.7. The zero-order valence-electron chi connectivity index (χ0n) is 16.7. The molecule has 0 aliphatic carbocycles. The van der Waals surface area contributed by atoms with Gasteiger partial charge in [-0.25, -0.2) is 0 Å². The summed E-state index contributed by atoms with van der Waals surface area (Å²) >= 11 is 3.95. The Labute approximate surface area is 172 Å². The number of hydrogen-bond donors (Lipinski definition) is 1. The van der Waals surface area contributed by atoms with Crippen molar-refractivity contribution in [3.63, 3.8) is 0 Å². The third-order valence-electron chi connectivity index (χ3n) is 3.07. The second-order valence-electron chi connectivity index (χ2n) is 5.33. The van der Waals surface area contributed by atoms with E-state index < -0.39 is 0 Å². The van der Waals surface area contributed by atoms with E-state index in [0.29, 0.717) is 84.7 Å². The minimum absolute atomic E-state index is 0.226. The van der Waals surface area contributed by atoms with Gasteiger partial charge in [0.15, 0.2) is 0 Å². The number of hydrogen-bond acceptors (Lipinski definition) is 10. The molecule has 0 unspecified atom stereocenters. The van der Waals surface area contributed by atoms with Crippen molar-refractivity contribution >= 4 is 24.6 Å². The molecule has 0 atom stereocenters. The molecule has 0 saturated carbocycles. The maximum atomic E-state index is 11.0. The lowest BCUT2D eigenvalue weighted by Crippen LogP contribution is -2.15. The summed E-state index contributed by atoms with van der Waals surface area (Å²) in [4.78, 5) is 21.9.